The van der Waals surface area contributed by atoms with Gasteiger partial charge in [0.25, 0.3) is 0 Å². The minimum absolute atomic E-state index is 0.0519. The Bertz CT molecular complexity index is 1520. The number of benzene rings is 2. The van der Waals surface area contributed by atoms with E-state index >= 15 is 0 Å². The van der Waals surface area contributed by atoms with Gasteiger partial charge in [-0.15, -0.1) is 0 Å². The molecule has 39 heavy (non-hydrogen) atoms. The number of methoxy groups -OCH3 is 2. The van der Waals surface area contributed by atoms with Gasteiger partial charge in [-0.2, -0.15) is 4.98 Å². The smallest absolute Gasteiger partial charge is 0.221 e. The maximum Gasteiger partial charge on any atom is 0.221 e. The lowest BCUT2D eigenvalue weighted by atomic mass is 9.89. The maximum absolute atomic E-state index is 13.6. The molecule has 0 spiro atoms. The predicted octanol–water partition coefficient (Wildman–Crippen LogP) is 3.99. The molecule has 5 rings (SSSR count). The summed E-state index contributed by atoms with van der Waals surface area (Å²) in [5.74, 6) is 0.996. The van der Waals surface area contributed by atoms with Crippen LogP contribution in [0.5, 0.6) is 11.5 Å². The number of hydrogen-bond donors (Lipinski definition) is 2. The van der Waals surface area contributed by atoms with E-state index in [-0.39, 0.29) is 23.6 Å². The third-order valence-corrected chi connectivity index (χ3v) is 6.85. The van der Waals surface area contributed by atoms with Crippen molar-refractivity contribution in [3.05, 3.63) is 113 Å². The van der Waals surface area contributed by atoms with E-state index < -0.39 is 0 Å². The molecule has 9 heteroatoms. The van der Waals surface area contributed by atoms with Crippen LogP contribution in [-0.4, -0.2) is 46.4 Å². The van der Waals surface area contributed by atoms with Crippen molar-refractivity contribution in [3.63, 3.8) is 0 Å². The van der Waals surface area contributed by atoms with E-state index in [1.807, 2.05) is 30.6 Å². The highest BCUT2D eigenvalue weighted by atomic mass is 16.5. The molecule has 4 N–H and O–H groups in total. The van der Waals surface area contributed by atoms with Gasteiger partial charge in [0.15, 0.2) is 17.3 Å². The molecule has 0 amide bonds. The topological polar surface area (TPSA) is 129 Å². The van der Waals surface area contributed by atoms with Gasteiger partial charge in [0.2, 0.25) is 5.95 Å². The molecule has 4 aromatic rings. The molecule has 0 saturated heterocycles. The lowest BCUT2D eigenvalue weighted by molar-refractivity contribution is 0.104. The van der Waals surface area contributed by atoms with Crippen LogP contribution in [-0.2, 0) is 12.8 Å². The lowest BCUT2D eigenvalue weighted by Gasteiger charge is -2.37. The highest BCUT2D eigenvalue weighted by molar-refractivity contribution is 6.07. The number of aromatic nitrogens is 3. The number of nitrogens with two attached hydrogens (primary N) is 2. The summed E-state index contributed by atoms with van der Waals surface area (Å²) in [6.07, 6.45) is 9.94. The van der Waals surface area contributed by atoms with E-state index in [9.17, 15) is 4.79 Å². The minimum Gasteiger partial charge on any atom is -0.493 e. The standard InChI is InChI=1S/C30H30N6O3/c1-38-26-16-19(14-22-18-34-30(32)35-29(22)31)15-24(28(26)39-2)25(37)10-13-36-12-9-20-6-3-4-8-23(20)27(36)21-7-5-11-33-17-21/h3-8,10-11,13,15-18,27H,9,12,14H2,1-2H3,(H4,31,32,34,35)/b13-10+. The van der Waals surface area contributed by atoms with Crippen LogP contribution in [0.15, 0.2) is 79.4 Å². The zero-order valence-electron chi connectivity index (χ0n) is 21.9. The molecule has 1 atom stereocenters. The quantitative estimate of drug-likeness (QED) is 0.261. The second-order valence-electron chi connectivity index (χ2n) is 9.25. The van der Waals surface area contributed by atoms with Gasteiger partial charge in [-0.1, -0.05) is 30.3 Å². The van der Waals surface area contributed by atoms with Crippen molar-refractivity contribution in [2.24, 2.45) is 0 Å². The molecule has 9 nitrogen and oxygen atoms in total. The zero-order valence-corrected chi connectivity index (χ0v) is 21.9. The highest BCUT2D eigenvalue weighted by Crippen LogP contribution is 2.36. The van der Waals surface area contributed by atoms with Gasteiger partial charge in [-0.05, 0) is 46.9 Å². The van der Waals surface area contributed by atoms with E-state index in [1.54, 1.807) is 24.5 Å². The molecule has 2 aromatic carbocycles. The predicted molar refractivity (Wildman–Crippen MR) is 150 cm³/mol. The first kappa shape index (κ1) is 25.7. The van der Waals surface area contributed by atoms with Gasteiger partial charge in [0.1, 0.15) is 5.82 Å². The second-order valence-corrected chi connectivity index (χ2v) is 9.25. The fourth-order valence-electron chi connectivity index (χ4n) is 5.01. The largest absolute Gasteiger partial charge is 0.493 e. The summed E-state index contributed by atoms with van der Waals surface area (Å²) < 4.78 is 11.2. The van der Waals surface area contributed by atoms with Crippen LogP contribution in [0, 0.1) is 0 Å². The summed E-state index contributed by atoms with van der Waals surface area (Å²) in [6.45, 7) is 0.761. The van der Waals surface area contributed by atoms with E-state index in [2.05, 4.69) is 44.1 Å². The molecule has 1 unspecified atom stereocenters. The maximum atomic E-state index is 13.6. The number of allylic oxidation sites excluding steroid dienone is 1. The summed E-state index contributed by atoms with van der Waals surface area (Å²) in [5.41, 5.74) is 17.1. The van der Waals surface area contributed by atoms with Crippen LogP contribution in [0.4, 0.5) is 11.8 Å². The Kier molecular flexibility index (Phi) is 7.40. The van der Waals surface area contributed by atoms with E-state index in [4.69, 9.17) is 20.9 Å². The van der Waals surface area contributed by atoms with E-state index in [0.717, 1.165) is 24.1 Å². The number of nitrogens with zero attached hydrogens (tertiary/aromatic N) is 4. The molecule has 1 aliphatic rings. The molecule has 2 aromatic heterocycles. The van der Waals surface area contributed by atoms with Gasteiger partial charge in [0, 0.05) is 49.4 Å². The Hall–Kier alpha value is -4.92. The molecule has 1 aliphatic heterocycles. The molecule has 198 valence electrons. The molecule has 0 bridgehead atoms. The van der Waals surface area contributed by atoms with Crippen LogP contribution >= 0.6 is 0 Å². The fraction of sp³-hybridized carbons (Fsp3) is 0.200. The number of fused-ring (bicyclic) bond motifs is 1. The zero-order chi connectivity index (χ0) is 27.4. The first-order chi connectivity index (χ1) is 19.0. The first-order valence-electron chi connectivity index (χ1n) is 12.6. The van der Waals surface area contributed by atoms with Crippen molar-refractivity contribution in [2.45, 2.75) is 18.9 Å². The Morgan fingerprint density at radius 1 is 1.10 bits per heavy atom. The van der Waals surface area contributed by atoms with Crippen molar-refractivity contribution in [1.29, 1.82) is 0 Å². The molecular weight excluding hydrogens is 492 g/mol. The number of ketones is 1. The Balaban J connectivity index is 1.48. The molecule has 0 saturated carbocycles. The summed E-state index contributed by atoms with van der Waals surface area (Å²) in [4.78, 5) is 28.2. The third kappa shape index (κ3) is 5.38. The number of rotatable bonds is 8. The number of hydrogen-bond acceptors (Lipinski definition) is 9. The van der Waals surface area contributed by atoms with Gasteiger partial charge in [0.05, 0.1) is 25.8 Å². The average Bonchev–Trinajstić information content (AvgIpc) is 2.96. The Labute approximate surface area is 227 Å². The molecule has 0 radical (unpaired) electrons. The molecule has 3 heterocycles. The van der Waals surface area contributed by atoms with E-state index in [0.29, 0.717) is 29.0 Å². The highest BCUT2D eigenvalue weighted by Gasteiger charge is 2.27. The summed E-state index contributed by atoms with van der Waals surface area (Å²) in [6, 6.07) is 15.9. The number of anilines is 2. The van der Waals surface area contributed by atoms with Crippen molar-refractivity contribution in [3.8, 4) is 11.5 Å². The number of carbonyl (C=O) groups excluding carboxylic acids is 1. The average molecular weight is 523 g/mol. The minimum atomic E-state index is -0.211. The van der Waals surface area contributed by atoms with Gasteiger partial charge < -0.3 is 25.8 Å². The van der Waals surface area contributed by atoms with Crippen molar-refractivity contribution in [2.75, 3.05) is 32.2 Å². The first-order valence-corrected chi connectivity index (χ1v) is 12.6. The molecule has 0 aliphatic carbocycles. The van der Waals surface area contributed by atoms with Crippen LogP contribution in [0.1, 0.15) is 44.2 Å². The van der Waals surface area contributed by atoms with Gasteiger partial charge in [-0.25, -0.2) is 4.98 Å². The normalized spacial score (nSPS) is 14.7. The fourth-order valence-corrected chi connectivity index (χ4v) is 5.01. The summed E-state index contributed by atoms with van der Waals surface area (Å²) in [5, 5.41) is 0. The van der Waals surface area contributed by atoms with Crippen LogP contribution in [0.25, 0.3) is 0 Å². The van der Waals surface area contributed by atoms with Crippen LogP contribution in [0.2, 0.25) is 0 Å². The van der Waals surface area contributed by atoms with Crippen molar-refractivity contribution < 1.29 is 14.3 Å². The Morgan fingerprint density at radius 3 is 2.69 bits per heavy atom. The van der Waals surface area contributed by atoms with Crippen LogP contribution < -0.4 is 20.9 Å². The number of carbonyl (C=O) groups is 1. The number of ether oxygens (including phenoxy) is 2. The summed E-state index contributed by atoms with van der Waals surface area (Å²) in [7, 11) is 3.06. The van der Waals surface area contributed by atoms with Crippen LogP contribution in [0.3, 0.4) is 0 Å². The number of pyridine rings is 1. The SMILES string of the molecule is COc1cc(Cc2cnc(N)nc2N)cc(C(=O)/C=C/N2CCc3ccccc3C2c2cccnc2)c1OC. The second kappa shape index (κ2) is 11.2. The van der Waals surface area contributed by atoms with Gasteiger partial charge in [-0.3, -0.25) is 9.78 Å². The summed E-state index contributed by atoms with van der Waals surface area (Å²) >= 11 is 0. The molecular formula is C30H30N6O3. The molecule has 0 fully saturated rings. The number of nitrogen functional groups attached to an aromatic ring is 2. The lowest BCUT2D eigenvalue weighted by Crippen LogP contribution is -2.32. The van der Waals surface area contributed by atoms with E-state index in [1.165, 1.54) is 25.3 Å². The van der Waals surface area contributed by atoms with Crippen molar-refractivity contribution in [1.82, 2.24) is 19.9 Å². The third-order valence-electron chi connectivity index (χ3n) is 6.85. The monoisotopic (exact) mass is 522 g/mol. The Morgan fingerprint density at radius 2 is 1.95 bits per heavy atom. The van der Waals surface area contributed by atoms with Crippen molar-refractivity contribution >= 4 is 17.5 Å². The van der Waals surface area contributed by atoms with Gasteiger partial charge >= 0.3 is 0 Å².